The van der Waals surface area contributed by atoms with Crippen LogP contribution in [0.15, 0.2) is 69.9 Å². The van der Waals surface area contributed by atoms with E-state index in [1.54, 1.807) is 69.2 Å². The summed E-state index contributed by atoms with van der Waals surface area (Å²) < 4.78 is 48.8. The molecule has 104 heavy (non-hydrogen) atoms. The molecule has 3 unspecified atom stereocenters. The first-order chi connectivity index (χ1) is 49.0. The van der Waals surface area contributed by atoms with Gasteiger partial charge in [0.15, 0.2) is 0 Å². The maximum absolute atomic E-state index is 11.9. The lowest BCUT2D eigenvalue weighted by molar-refractivity contribution is -0.141. The van der Waals surface area contributed by atoms with Crippen molar-refractivity contribution in [1.82, 2.24) is 0 Å². The van der Waals surface area contributed by atoms with Gasteiger partial charge in [-0.1, -0.05) is 147 Å². The van der Waals surface area contributed by atoms with Crippen LogP contribution in [0.4, 0.5) is 0 Å². The van der Waals surface area contributed by atoms with E-state index in [1.165, 1.54) is 36.8 Å². The molecule has 0 aromatic rings. The van der Waals surface area contributed by atoms with Gasteiger partial charge in [0.25, 0.3) is 0 Å². The molecule has 1 aliphatic carbocycles. The summed E-state index contributed by atoms with van der Waals surface area (Å²) in [6, 6.07) is 0. The van der Waals surface area contributed by atoms with Gasteiger partial charge in [0.2, 0.25) is 0 Å². The zero-order chi connectivity index (χ0) is 80.8. The van der Waals surface area contributed by atoms with E-state index in [0.29, 0.717) is 143 Å². The first-order valence-electron chi connectivity index (χ1n) is 37.4. The molecular weight excluding hydrogens is 1340 g/mol. The predicted octanol–water partition coefficient (Wildman–Crippen LogP) is 15.8. The van der Waals surface area contributed by atoms with E-state index in [9.17, 15) is 57.5 Å². The quantitative estimate of drug-likeness (QED) is 0.0327. The minimum Gasteiger partial charge on any atom is -0.478 e. The molecule has 1 fully saturated rings. The molecule has 2 N–H and O–H groups in total. The van der Waals surface area contributed by atoms with Gasteiger partial charge in [-0.15, -0.1) is 0 Å². The van der Waals surface area contributed by atoms with E-state index in [4.69, 9.17) is 57.6 Å². The standard InChI is InChI=1S/C16H28O4.C14H24O4.3C13H22O4.C11H16O4/c1-5-9-10-13(6-2)11-14(16(18)20-8-4)12-15(17)19-7-3;1-6-17-13(15)9-12(14(16)18-7-2)11(5)8-10(3)4;1-6-16-11(14)8-10(9-13(3,4)5)12(15)17-7-2;1-5-16-12(14)9-11(8-7-10(3)4)13(15)17-6-2;1-5-8-10(4)11(13(15)17-7-3)9-12(14)16-6-2;12-10(13)7-9(11(14)15)6-8-4-2-1-3-5-8/h12-13H,5-11H2,1-4H3;9-11H,6-8H2,1-5H3;8H,6-7,9H2,1-5H3;2*9-10H,5-8H2,1-4H3;7-8H,1-6H2,(H,12,13)(H,14,15). The summed E-state index contributed by atoms with van der Waals surface area (Å²) in [4.78, 5) is 137. The number of carbonyl (C=O) groups is 12. The molecule has 24 nitrogen and oxygen atoms in total. The molecule has 1 saturated carbocycles. The number of carbonyl (C=O) groups excluding carboxylic acids is 10. The molecule has 0 spiro atoms. The van der Waals surface area contributed by atoms with Crippen LogP contribution in [0.25, 0.3) is 0 Å². The van der Waals surface area contributed by atoms with Gasteiger partial charge in [-0.2, -0.15) is 0 Å². The van der Waals surface area contributed by atoms with Crippen molar-refractivity contribution in [1.29, 1.82) is 0 Å². The Morgan fingerprint density at radius 2 is 0.760 bits per heavy atom. The molecule has 0 saturated heterocycles. The van der Waals surface area contributed by atoms with Crippen molar-refractivity contribution in [2.75, 3.05) is 66.1 Å². The summed E-state index contributed by atoms with van der Waals surface area (Å²) in [5.41, 5.74) is 1.89. The number of rotatable bonds is 40. The Morgan fingerprint density at radius 1 is 0.394 bits per heavy atom. The Labute approximate surface area is 622 Å². The van der Waals surface area contributed by atoms with Crippen molar-refractivity contribution in [2.24, 2.45) is 40.9 Å². The second kappa shape index (κ2) is 65.8. The van der Waals surface area contributed by atoms with Crippen LogP contribution in [0.1, 0.15) is 261 Å². The highest BCUT2D eigenvalue weighted by Crippen LogP contribution is 2.30. The van der Waals surface area contributed by atoms with Gasteiger partial charge in [0.1, 0.15) is 0 Å². The lowest BCUT2D eigenvalue weighted by atomic mass is 9.84. The van der Waals surface area contributed by atoms with Gasteiger partial charge in [0.05, 0.1) is 66.1 Å². The molecule has 3 atom stereocenters. The largest absolute Gasteiger partial charge is 0.478 e. The molecule has 0 aliphatic heterocycles. The number of ether oxygens (including phenoxy) is 10. The molecule has 1 rings (SSSR count). The molecule has 1 aliphatic rings. The second-order valence-electron chi connectivity index (χ2n) is 26.1. The first kappa shape index (κ1) is 105. The van der Waals surface area contributed by atoms with Gasteiger partial charge in [0, 0.05) is 69.9 Å². The number of unbranched alkanes of at least 4 members (excludes halogenated alkanes) is 1. The zero-order valence-electron chi connectivity index (χ0n) is 67.4. The maximum atomic E-state index is 11.9. The molecule has 0 radical (unpaired) electrons. The molecule has 0 amide bonds. The van der Waals surface area contributed by atoms with E-state index >= 15 is 0 Å². The molecule has 0 aromatic carbocycles. The van der Waals surface area contributed by atoms with Crippen LogP contribution in [0.5, 0.6) is 0 Å². The van der Waals surface area contributed by atoms with Crippen LogP contribution in [-0.2, 0) is 105 Å². The lowest BCUT2D eigenvalue weighted by Crippen LogP contribution is -2.17. The summed E-state index contributed by atoms with van der Waals surface area (Å²) in [5, 5.41) is 17.3. The van der Waals surface area contributed by atoms with Crippen molar-refractivity contribution in [3.05, 3.63) is 69.9 Å². The smallest absolute Gasteiger partial charge is 0.334 e. The lowest BCUT2D eigenvalue weighted by Gasteiger charge is -2.21. The topological polar surface area (TPSA) is 338 Å². The predicted molar refractivity (Wildman–Crippen MR) is 400 cm³/mol. The van der Waals surface area contributed by atoms with Crippen molar-refractivity contribution in [3.63, 3.8) is 0 Å². The summed E-state index contributed by atoms with van der Waals surface area (Å²) >= 11 is 0. The summed E-state index contributed by atoms with van der Waals surface area (Å²) in [6.07, 6.45) is 22.3. The Kier molecular flexibility index (Phi) is 66.3. The van der Waals surface area contributed by atoms with E-state index in [0.717, 1.165) is 83.1 Å². The fourth-order valence-corrected chi connectivity index (χ4v) is 9.87. The molecule has 598 valence electrons. The van der Waals surface area contributed by atoms with E-state index in [1.807, 2.05) is 41.5 Å². The molecular formula is C80H134O24. The normalized spacial score (nSPS) is 13.5. The van der Waals surface area contributed by atoms with E-state index in [2.05, 4.69) is 41.5 Å². The molecule has 24 heteroatoms. The monoisotopic (exact) mass is 1480 g/mol. The van der Waals surface area contributed by atoms with E-state index < -0.39 is 71.6 Å². The minimum atomic E-state index is -1.18. The third-order valence-electron chi connectivity index (χ3n) is 14.7. The second-order valence-corrected chi connectivity index (χ2v) is 26.1. The van der Waals surface area contributed by atoms with Gasteiger partial charge >= 0.3 is 71.6 Å². The summed E-state index contributed by atoms with van der Waals surface area (Å²) in [7, 11) is 0. The van der Waals surface area contributed by atoms with Crippen LogP contribution in [0, 0.1) is 40.9 Å². The Morgan fingerprint density at radius 3 is 1.11 bits per heavy atom. The van der Waals surface area contributed by atoms with Crippen LogP contribution >= 0.6 is 0 Å². The third-order valence-corrected chi connectivity index (χ3v) is 14.7. The van der Waals surface area contributed by atoms with Crippen molar-refractivity contribution >= 4 is 71.6 Å². The zero-order valence-corrected chi connectivity index (χ0v) is 67.4. The highest BCUT2D eigenvalue weighted by molar-refractivity contribution is 5.99. The first-order valence-corrected chi connectivity index (χ1v) is 37.4. The molecule has 0 heterocycles. The summed E-state index contributed by atoms with van der Waals surface area (Å²) in [6.45, 7) is 44.7. The Balaban J connectivity index is -0.000000378. The molecule has 0 bridgehead atoms. The number of carboxylic acids is 2. The SMILES string of the molecule is CCCC(C)C(=CC(=O)OCC)C(=O)OCC.CCCCC(CC)CC(=CC(=O)OCC)C(=O)OCC.CCOC(=O)C=C(C(=O)OCC)C(C)CC(C)C.CCOC(=O)C=C(CC(C)(C)C)C(=O)OCC.CCOC(=O)C=C(CCC(C)C)C(=O)OCC.O=C(O)C=C(CC1CCCCC1)C(=O)O. The average molecular weight is 1480 g/mol. The van der Waals surface area contributed by atoms with Crippen LogP contribution < -0.4 is 0 Å². The van der Waals surface area contributed by atoms with E-state index in [-0.39, 0.29) is 22.8 Å². The van der Waals surface area contributed by atoms with Crippen LogP contribution in [0.3, 0.4) is 0 Å². The summed E-state index contributed by atoms with van der Waals surface area (Å²) in [5.74, 6) is -5.22. The minimum absolute atomic E-state index is 0.00320. The van der Waals surface area contributed by atoms with Gasteiger partial charge < -0.3 is 57.6 Å². The van der Waals surface area contributed by atoms with Crippen molar-refractivity contribution in [3.8, 4) is 0 Å². The van der Waals surface area contributed by atoms with Crippen molar-refractivity contribution < 1.29 is 115 Å². The number of hydrogen-bond donors (Lipinski definition) is 2. The third kappa shape index (κ3) is 59.5. The Bertz CT molecular complexity index is 2690. The van der Waals surface area contributed by atoms with Gasteiger partial charge in [-0.25, -0.2) is 57.5 Å². The fourth-order valence-electron chi connectivity index (χ4n) is 9.87. The van der Waals surface area contributed by atoms with Gasteiger partial charge in [-0.05, 0) is 155 Å². The highest BCUT2D eigenvalue weighted by Gasteiger charge is 2.25. The molecule has 0 aromatic heterocycles. The number of esters is 10. The Hall–Kier alpha value is -7.92. The number of carboxylic acid groups (broad SMARTS) is 2. The van der Waals surface area contributed by atoms with Gasteiger partial charge in [-0.3, -0.25) is 0 Å². The van der Waals surface area contributed by atoms with Crippen LogP contribution in [-0.4, -0.2) is 148 Å². The van der Waals surface area contributed by atoms with Crippen LogP contribution in [0.2, 0.25) is 0 Å². The number of hydrogen-bond acceptors (Lipinski definition) is 22. The number of aliphatic carboxylic acids is 2. The fraction of sp³-hybridized carbons (Fsp3) is 0.700. The average Bonchev–Trinajstić information content (AvgIpc) is 0.852. The van der Waals surface area contributed by atoms with Crippen molar-refractivity contribution in [2.45, 2.75) is 261 Å². The maximum Gasteiger partial charge on any atom is 0.334 e. The highest BCUT2D eigenvalue weighted by atomic mass is 16.6.